The molecule has 0 aliphatic heterocycles. The van der Waals surface area contributed by atoms with Gasteiger partial charge in [0.2, 0.25) is 0 Å². The molecule has 1 aromatic heterocycles. The standard InChI is InChI=1S/C17H21NO/c1-17(2)9-3-6-14(17)16(19)13-8-7-12-5-4-10-18-15(12)11-13/h4-5,7-8,10-11,14,16,19H,3,6,9H2,1-2H3. The van der Waals surface area contributed by atoms with Crippen LogP contribution in [0.1, 0.15) is 44.8 Å². The van der Waals surface area contributed by atoms with E-state index in [0.717, 1.165) is 22.9 Å². The Bertz CT molecular complexity index is 591. The van der Waals surface area contributed by atoms with E-state index >= 15 is 0 Å². The Morgan fingerprint density at radius 3 is 2.89 bits per heavy atom. The second-order valence-electron chi connectivity index (χ2n) is 6.39. The zero-order valence-electron chi connectivity index (χ0n) is 11.6. The first kappa shape index (κ1) is 12.6. The van der Waals surface area contributed by atoms with E-state index in [1.165, 1.54) is 12.8 Å². The Morgan fingerprint density at radius 1 is 1.32 bits per heavy atom. The van der Waals surface area contributed by atoms with Gasteiger partial charge in [0.15, 0.2) is 0 Å². The molecule has 100 valence electrons. The van der Waals surface area contributed by atoms with E-state index in [2.05, 4.69) is 31.0 Å². The van der Waals surface area contributed by atoms with Crippen molar-refractivity contribution in [2.24, 2.45) is 11.3 Å². The Balaban J connectivity index is 1.95. The molecule has 1 aliphatic carbocycles. The molecule has 1 fully saturated rings. The Labute approximate surface area is 114 Å². The summed E-state index contributed by atoms with van der Waals surface area (Å²) in [5.74, 6) is 0.355. The minimum atomic E-state index is -0.371. The van der Waals surface area contributed by atoms with Crippen LogP contribution in [-0.4, -0.2) is 10.1 Å². The molecule has 1 aliphatic rings. The van der Waals surface area contributed by atoms with Gasteiger partial charge in [-0.3, -0.25) is 4.98 Å². The van der Waals surface area contributed by atoms with Crippen molar-refractivity contribution in [2.45, 2.75) is 39.2 Å². The highest BCUT2D eigenvalue weighted by Crippen LogP contribution is 2.48. The van der Waals surface area contributed by atoms with Crippen molar-refractivity contribution in [3.05, 3.63) is 42.1 Å². The molecule has 2 heteroatoms. The van der Waals surface area contributed by atoms with Crippen molar-refractivity contribution < 1.29 is 5.11 Å². The molecule has 19 heavy (non-hydrogen) atoms. The first-order valence-corrected chi connectivity index (χ1v) is 7.11. The van der Waals surface area contributed by atoms with Crippen LogP contribution in [0, 0.1) is 11.3 Å². The number of fused-ring (bicyclic) bond motifs is 1. The van der Waals surface area contributed by atoms with Crippen LogP contribution >= 0.6 is 0 Å². The number of hydrogen-bond donors (Lipinski definition) is 1. The highest BCUT2D eigenvalue weighted by atomic mass is 16.3. The van der Waals surface area contributed by atoms with Crippen LogP contribution in [0.3, 0.4) is 0 Å². The molecule has 1 aromatic carbocycles. The molecule has 2 aromatic rings. The minimum absolute atomic E-state index is 0.235. The first-order chi connectivity index (χ1) is 9.08. The van der Waals surface area contributed by atoms with Crippen LogP contribution in [0.2, 0.25) is 0 Å². The number of aliphatic hydroxyl groups excluding tert-OH is 1. The van der Waals surface area contributed by atoms with E-state index < -0.39 is 0 Å². The molecule has 1 N–H and O–H groups in total. The number of hydrogen-bond acceptors (Lipinski definition) is 2. The second-order valence-corrected chi connectivity index (χ2v) is 6.39. The molecule has 3 rings (SSSR count). The largest absolute Gasteiger partial charge is 0.388 e. The molecule has 2 nitrogen and oxygen atoms in total. The van der Waals surface area contributed by atoms with Crippen molar-refractivity contribution in [2.75, 3.05) is 0 Å². The SMILES string of the molecule is CC1(C)CCCC1C(O)c1ccc2cccnc2c1. The van der Waals surface area contributed by atoms with E-state index in [1.54, 1.807) is 6.20 Å². The molecule has 0 saturated heterocycles. The zero-order chi connectivity index (χ0) is 13.5. The number of aromatic nitrogens is 1. The molecule has 2 unspecified atom stereocenters. The monoisotopic (exact) mass is 255 g/mol. The number of aliphatic hydroxyl groups is 1. The fourth-order valence-electron chi connectivity index (χ4n) is 3.44. The van der Waals surface area contributed by atoms with E-state index in [-0.39, 0.29) is 11.5 Å². The average molecular weight is 255 g/mol. The summed E-state index contributed by atoms with van der Waals surface area (Å²) >= 11 is 0. The van der Waals surface area contributed by atoms with Crippen LogP contribution in [0.15, 0.2) is 36.5 Å². The number of pyridine rings is 1. The van der Waals surface area contributed by atoms with E-state index in [4.69, 9.17) is 0 Å². The van der Waals surface area contributed by atoms with E-state index in [1.807, 2.05) is 18.2 Å². The molecule has 0 amide bonds. The fourth-order valence-corrected chi connectivity index (χ4v) is 3.44. The summed E-state index contributed by atoms with van der Waals surface area (Å²) in [6.07, 6.45) is 4.98. The molecule has 0 spiro atoms. The summed E-state index contributed by atoms with van der Waals surface area (Å²) in [7, 11) is 0. The van der Waals surface area contributed by atoms with Crippen LogP contribution in [-0.2, 0) is 0 Å². The highest BCUT2D eigenvalue weighted by molar-refractivity contribution is 5.78. The van der Waals surface area contributed by atoms with Gasteiger partial charge in [-0.15, -0.1) is 0 Å². The summed E-state index contributed by atoms with van der Waals surface area (Å²) in [5, 5.41) is 11.8. The van der Waals surface area contributed by atoms with Gasteiger partial charge < -0.3 is 5.11 Å². The summed E-state index contributed by atoms with van der Waals surface area (Å²) in [5.41, 5.74) is 2.21. The van der Waals surface area contributed by atoms with Crippen molar-refractivity contribution in [1.29, 1.82) is 0 Å². The Hall–Kier alpha value is -1.41. The van der Waals surface area contributed by atoms with Crippen LogP contribution in [0.25, 0.3) is 10.9 Å². The van der Waals surface area contributed by atoms with E-state index in [0.29, 0.717) is 5.92 Å². The van der Waals surface area contributed by atoms with Crippen molar-refractivity contribution in [1.82, 2.24) is 4.98 Å². The van der Waals surface area contributed by atoms with Crippen molar-refractivity contribution in [3.8, 4) is 0 Å². The summed E-state index contributed by atoms with van der Waals surface area (Å²) in [4.78, 5) is 4.38. The molecule has 0 bridgehead atoms. The normalized spacial score (nSPS) is 23.6. The maximum atomic E-state index is 10.7. The summed E-state index contributed by atoms with van der Waals surface area (Å²) in [6, 6.07) is 10.1. The number of benzene rings is 1. The number of nitrogens with zero attached hydrogens (tertiary/aromatic N) is 1. The molecule has 0 radical (unpaired) electrons. The highest BCUT2D eigenvalue weighted by Gasteiger charge is 2.39. The van der Waals surface area contributed by atoms with E-state index in [9.17, 15) is 5.11 Å². The minimum Gasteiger partial charge on any atom is -0.388 e. The smallest absolute Gasteiger partial charge is 0.0824 e. The van der Waals surface area contributed by atoms with Crippen LogP contribution in [0.4, 0.5) is 0 Å². The zero-order valence-corrected chi connectivity index (χ0v) is 11.6. The van der Waals surface area contributed by atoms with Gasteiger partial charge in [-0.2, -0.15) is 0 Å². The Morgan fingerprint density at radius 2 is 2.16 bits per heavy atom. The molecule has 1 saturated carbocycles. The quantitative estimate of drug-likeness (QED) is 0.876. The average Bonchev–Trinajstić information content (AvgIpc) is 2.77. The second kappa shape index (κ2) is 4.61. The third-order valence-electron chi connectivity index (χ3n) is 4.69. The van der Waals surface area contributed by atoms with Crippen molar-refractivity contribution >= 4 is 10.9 Å². The lowest BCUT2D eigenvalue weighted by molar-refractivity contribution is 0.0532. The lowest BCUT2D eigenvalue weighted by atomic mass is 9.77. The Kier molecular flexibility index (Phi) is 3.06. The summed E-state index contributed by atoms with van der Waals surface area (Å²) in [6.45, 7) is 4.54. The lowest BCUT2D eigenvalue weighted by Crippen LogP contribution is -2.24. The topological polar surface area (TPSA) is 33.1 Å². The predicted octanol–water partition coefficient (Wildman–Crippen LogP) is 4.09. The third kappa shape index (κ3) is 2.25. The third-order valence-corrected chi connectivity index (χ3v) is 4.69. The van der Waals surface area contributed by atoms with Gasteiger partial charge in [0.05, 0.1) is 11.6 Å². The van der Waals surface area contributed by atoms with Crippen molar-refractivity contribution in [3.63, 3.8) is 0 Å². The van der Waals surface area contributed by atoms with Crippen LogP contribution in [0.5, 0.6) is 0 Å². The summed E-state index contributed by atoms with van der Waals surface area (Å²) < 4.78 is 0. The van der Waals surface area contributed by atoms with Crippen LogP contribution < -0.4 is 0 Å². The molecule has 1 heterocycles. The molecular formula is C17H21NO. The van der Waals surface area contributed by atoms with Gasteiger partial charge in [0.1, 0.15) is 0 Å². The van der Waals surface area contributed by atoms with Gasteiger partial charge in [0, 0.05) is 11.6 Å². The first-order valence-electron chi connectivity index (χ1n) is 7.11. The lowest BCUT2D eigenvalue weighted by Gasteiger charge is -2.31. The van der Waals surface area contributed by atoms with Gasteiger partial charge in [0.25, 0.3) is 0 Å². The fraction of sp³-hybridized carbons (Fsp3) is 0.471. The van der Waals surface area contributed by atoms with Gasteiger partial charge in [-0.25, -0.2) is 0 Å². The van der Waals surface area contributed by atoms with Gasteiger partial charge >= 0.3 is 0 Å². The molecular weight excluding hydrogens is 234 g/mol. The maximum Gasteiger partial charge on any atom is 0.0824 e. The number of rotatable bonds is 2. The maximum absolute atomic E-state index is 10.7. The molecule has 2 atom stereocenters. The van der Waals surface area contributed by atoms with Gasteiger partial charge in [-0.1, -0.05) is 38.5 Å². The predicted molar refractivity (Wildman–Crippen MR) is 77.8 cm³/mol. The van der Waals surface area contributed by atoms with Gasteiger partial charge in [-0.05, 0) is 41.9 Å².